The lowest BCUT2D eigenvalue weighted by Gasteiger charge is -2.12. The first kappa shape index (κ1) is 10.9. The highest BCUT2D eigenvalue weighted by atomic mass is 16.6. The van der Waals surface area contributed by atoms with E-state index in [2.05, 4.69) is 22.9 Å². The Morgan fingerprint density at radius 2 is 2.22 bits per heavy atom. The number of nitrogens with one attached hydrogen (secondary N) is 2. The van der Waals surface area contributed by atoms with Crippen LogP contribution in [0.3, 0.4) is 0 Å². The fourth-order valence-electron chi connectivity index (χ4n) is 2.39. The van der Waals surface area contributed by atoms with Crippen LogP contribution in [0.15, 0.2) is 43.1 Å². The number of amides is 1. The van der Waals surface area contributed by atoms with Gasteiger partial charge in [0.05, 0.1) is 6.04 Å². The Bertz CT molecular complexity index is 603. The summed E-state index contributed by atoms with van der Waals surface area (Å²) in [5.74, 6) is 0. The summed E-state index contributed by atoms with van der Waals surface area (Å²) in [4.78, 5) is 14.5. The number of carbonyl (C=O) groups excluding carboxylic acids is 1. The van der Waals surface area contributed by atoms with Gasteiger partial charge in [-0.25, -0.2) is 4.79 Å². The maximum atomic E-state index is 11.2. The molecule has 4 heteroatoms. The van der Waals surface area contributed by atoms with Crippen molar-refractivity contribution in [1.29, 1.82) is 0 Å². The molecule has 1 aromatic carbocycles. The van der Waals surface area contributed by atoms with Crippen molar-refractivity contribution in [3.05, 3.63) is 48.7 Å². The molecule has 1 amide bonds. The van der Waals surface area contributed by atoms with Crippen LogP contribution in [-0.4, -0.2) is 23.2 Å². The highest BCUT2D eigenvalue weighted by molar-refractivity contribution is 5.83. The van der Waals surface area contributed by atoms with Gasteiger partial charge in [0.15, 0.2) is 0 Å². The molecule has 2 N–H and O–H groups in total. The van der Waals surface area contributed by atoms with Gasteiger partial charge in [0.2, 0.25) is 0 Å². The fourth-order valence-corrected chi connectivity index (χ4v) is 2.39. The number of ether oxygens (including phenoxy) is 1. The van der Waals surface area contributed by atoms with Gasteiger partial charge in [-0.05, 0) is 24.1 Å². The second-order valence-electron chi connectivity index (χ2n) is 4.42. The van der Waals surface area contributed by atoms with Crippen LogP contribution >= 0.6 is 0 Å². The van der Waals surface area contributed by atoms with E-state index in [0.717, 1.165) is 11.9 Å². The van der Waals surface area contributed by atoms with Crippen LogP contribution in [0.25, 0.3) is 10.9 Å². The van der Waals surface area contributed by atoms with E-state index in [-0.39, 0.29) is 18.2 Å². The lowest BCUT2D eigenvalue weighted by atomic mass is 10.0. The van der Waals surface area contributed by atoms with E-state index in [9.17, 15) is 4.79 Å². The predicted molar refractivity (Wildman–Crippen MR) is 69.4 cm³/mol. The molecule has 1 saturated heterocycles. The number of cyclic esters (lactones) is 1. The molecule has 0 aliphatic carbocycles. The SMILES string of the molecule is C=C[C@@H]1OC(=O)N[C@H]1Cc1c[nH]c2ccccc12. The van der Waals surface area contributed by atoms with E-state index in [0.29, 0.717) is 0 Å². The second kappa shape index (κ2) is 4.22. The van der Waals surface area contributed by atoms with E-state index in [4.69, 9.17) is 4.74 Å². The summed E-state index contributed by atoms with van der Waals surface area (Å²) in [6, 6.07) is 8.06. The lowest BCUT2D eigenvalue weighted by molar-refractivity contribution is 0.153. The minimum atomic E-state index is -0.371. The van der Waals surface area contributed by atoms with Gasteiger partial charge >= 0.3 is 6.09 Å². The zero-order valence-electron chi connectivity index (χ0n) is 9.85. The van der Waals surface area contributed by atoms with Crippen molar-refractivity contribution in [3.8, 4) is 0 Å². The van der Waals surface area contributed by atoms with Crippen molar-refractivity contribution >= 4 is 17.0 Å². The maximum Gasteiger partial charge on any atom is 0.408 e. The first-order chi connectivity index (χ1) is 8.78. The van der Waals surface area contributed by atoms with E-state index in [1.807, 2.05) is 24.4 Å². The number of alkyl carbamates (subject to hydrolysis) is 1. The van der Waals surface area contributed by atoms with Gasteiger partial charge < -0.3 is 15.0 Å². The summed E-state index contributed by atoms with van der Waals surface area (Å²) in [7, 11) is 0. The lowest BCUT2D eigenvalue weighted by Crippen LogP contribution is -2.32. The maximum absolute atomic E-state index is 11.2. The monoisotopic (exact) mass is 242 g/mol. The Balaban J connectivity index is 1.88. The zero-order valence-corrected chi connectivity index (χ0v) is 9.85. The van der Waals surface area contributed by atoms with Crippen LogP contribution in [0.1, 0.15) is 5.56 Å². The second-order valence-corrected chi connectivity index (χ2v) is 4.42. The third-order valence-corrected chi connectivity index (χ3v) is 3.29. The van der Waals surface area contributed by atoms with Gasteiger partial charge in [0, 0.05) is 17.1 Å². The van der Waals surface area contributed by atoms with Crippen molar-refractivity contribution < 1.29 is 9.53 Å². The smallest absolute Gasteiger partial charge is 0.408 e. The molecule has 3 rings (SSSR count). The molecule has 2 aromatic rings. The summed E-state index contributed by atoms with van der Waals surface area (Å²) < 4.78 is 5.11. The van der Waals surface area contributed by atoms with E-state index in [1.165, 1.54) is 10.9 Å². The number of H-pyrrole nitrogens is 1. The number of aromatic nitrogens is 1. The standard InChI is InChI=1S/C14H14N2O2/c1-2-13-12(16-14(17)18-13)7-9-8-15-11-6-4-3-5-10(9)11/h2-6,8,12-13,15H,1,7H2,(H,16,17)/t12-,13-/m0/s1. The number of rotatable bonds is 3. The zero-order chi connectivity index (χ0) is 12.5. The van der Waals surface area contributed by atoms with Crippen LogP contribution < -0.4 is 5.32 Å². The van der Waals surface area contributed by atoms with Crippen LogP contribution in [0.2, 0.25) is 0 Å². The van der Waals surface area contributed by atoms with Crippen molar-refractivity contribution in [2.24, 2.45) is 0 Å². The van der Waals surface area contributed by atoms with Crippen LogP contribution in [0, 0.1) is 0 Å². The molecule has 0 bridgehead atoms. The number of carbonyl (C=O) groups is 1. The first-order valence-corrected chi connectivity index (χ1v) is 5.92. The number of hydrogen-bond donors (Lipinski definition) is 2. The highest BCUT2D eigenvalue weighted by Crippen LogP contribution is 2.22. The predicted octanol–water partition coefficient (Wildman–Crippen LogP) is 2.37. The molecule has 0 saturated carbocycles. The molecular formula is C14H14N2O2. The first-order valence-electron chi connectivity index (χ1n) is 5.92. The van der Waals surface area contributed by atoms with Crippen molar-refractivity contribution in [2.45, 2.75) is 18.6 Å². The largest absolute Gasteiger partial charge is 0.440 e. The normalized spacial score (nSPS) is 22.8. The molecular weight excluding hydrogens is 228 g/mol. The molecule has 1 aliphatic rings. The van der Waals surface area contributed by atoms with E-state index >= 15 is 0 Å². The third kappa shape index (κ3) is 1.76. The molecule has 2 heterocycles. The summed E-state index contributed by atoms with van der Waals surface area (Å²) >= 11 is 0. The Morgan fingerprint density at radius 3 is 3.06 bits per heavy atom. The molecule has 0 radical (unpaired) electrons. The van der Waals surface area contributed by atoms with Crippen molar-refractivity contribution in [2.75, 3.05) is 0 Å². The Kier molecular flexibility index (Phi) is 2.55. The quantitative estimate of drug-likeness (QED) is 0.812. The van der Waals surface area contributed by atoms with Crippen molar-refractivity contribution in [1.82, 2.24) is 10.3 Å². The minimum absolute atomic E-state index is 0.0470. The minimum Gasteiger partial charge on any atom is -0.440 e. The summed E-state index contributed by atoms with van der Waals surface area (Å²) in [5, 5.41) is 3.99. The number of aromatic amines is 1. The third-order valence-electron chi connectivity index (χ3n) is 3.29. The van der Waals surface area contributed by atoms with E-state index in [1.54, 1.807) is 6.08 Å². The summed E-state index contributed by atoms with van der Waals surface area (Å²) in [6.07, 6.45) is 3.75. The fraction of sp³-hybridized carbons (Fsp3) is 0.214. The van der Waals surface area contributed by atoms with Gasteiger partial charge in [0.25, 0.3) is 0 Å². The molecule has 0 spiro atoms. The van der Waals surface area contributed by atoms with Gasteiger partial charge in [-0.15, -0.1) is 0 Å². The molecule has 4 nitrogen and oxygen atoms in total. The topological polar surface area (TPSA) is 54.1 Å². The Hall–Kier alpha value is -2.23. The van der Waals surface area contributed by atoms with E-state index < -0.39 is 0 Å². The molecule has 92 valence electrons. The number of benzene rings is 1. The molecule has 18 heavy (non-hydrogen) atoms. The van der Waals surface area contributed by atoms with Gasteiger partial charge in [-0.3, -0.25) is 0 Å². The van der Waals surface area contributed by atoms with Gasteiger partial charge in [-0.1, -0.05) is 24.8 Å². The van der Waals surface area contributed by atoms with Crippen molar-refractivity contribution in [3.63, 3.8) is 0 Å². The molecule has 1 aromatic heterocycles. The molecule has 1 fully saturated rings. The Labute approximate surface area is 105 Å². The molecule has 0 unspecified atom stereocenters. The number of fused-ring (bicyclic) bond motifs is 1. The number of hydrogen-bond acceptors (Lipinski definition) is 2. The summed E-state index contributed by atoms with van der Waals surface area (Å²) in [6.45, 7) is 3.69. The van der Waals surface area contributed by atoms with Crippen LogP contribution in [0.4, 0.5) is 4.79 Å². The van der Waals surface area contributed by atoms with Crippen LogP contribution in [0.5, 0.6) is 0 Å². The summed E-state index contributed by atoms with van der Waals surface area (Å²) in [5.41, 5.74) is 2.28. The van der Waals surface area contributed by atoms with Crippen LogP contribution in [-0.2, 0) is 11.2 Å². The van der Waals surface area contributed by atoms with Gasteiger partial charge in [-0.2, -0.15) is 0 Å². The molecule has 2 atom stereocenters. The molecule has 1 aliphatic heterocycles. The Morgan fingerprint density at radius 1 is 1.39 bits per heavy atom. The average molecular weight is 242 g/mol. The highest BCUT2D eigenvalue weighted by Gasteiger charge is 2.32. The number of para-hydroxylation sites is 1. The van der Waals surface area contributed by atoms with Gasteiger partial charge in [0.1, 0.15) is 6.10 Å². The average Bonchev–Trinajstić information content (AvgIpc) is 2.94.